The lowest BCUT2D eigenvalue weighted by Crippen LogP contribution is -2.43. The SMILES string of the molecule is COCC(NC(=O)N1C[C@@H]2CCC[C@@]2(C(=O)O)C1)c1ccc(F)c(F)c1. The number of benzene rings is 1. The quantitative estimate of drug-likeness (QED) is 0.837. The maximum absolute atomic E-state index is 13.5. The van der Waals surface area contributed by atoms with Gasteiger partial charge >= 0.3 is 12.0 Å². The van der Waals surface area contributed by atoms with Crippen LogP contribution in [0.1, 0.15) is 30.9 Å². The first-order valence-electron chi connectivity index (χ1n) is 8.60. The van der Waals surface area contributed by atoms with Crippen molar-refractivity contribution in [1.82, 2.24) is 10.2 Å². The van der Waals surface area contributed by atoms with Crippen LogP contribution >= 0.6 is 0 Å². The van der Waals surface area contributed by atoms with Crippen molar-refractivity contribution in [2.45, 2.75) is 25.3 Å². The van der Waals surface area contributed by atoms with E-state index >= 15 is 0 Å². The van der Waals surface area contributed by atoms with Gasteiger partial charge < -0.3 is 20.1 Å². The van der Waals surface area contributed by atoms with Gasteiger partial charge in [-0.25, -0.2) is 13.6 Å². The fourth-order valence-corrected chi connectivity index (χ4v) is 4.15. The van der Waals surface area contributed by atoms with Gasteiger partial charge in [0.25, 0.3) is 0 Å². The largest absolute Gasteiger partial charge is 0.481 e. The number of aliphatic carboxylic acids is 1. The highest BCUT2D eigenvalue weighted by Crippen LogP contribution is 2.48. The molecule has 2 aliphatic rings. The Balaban J connectivity index is 1.73. The molecule has 1 aliphatic carbocycles. The van der Waals surface area contributed by atoms with Crippen LogP contribution in [0.25, 0.3) is 0 Å². The van der Waals surface area contributed by atoms with Gasteiger partial charge in [0.05, 0.1) is 18.1 Å². The third kappa shape index (κ3) is 3.25. The van der Waals surface area contributed by atoms with Gasteiger partial charge in [-0.2, -0.15) is 0 Å². The number of hydrogen-bond donors (Lipinski definition) is 2. The zero-order chi connectivity index (χ0) is 18.9. The Kier molecular flexibility index (Phi) is 5.13. The number of nitrogens with zero attached hydrogens (tertiary/aromatic N) is 1. The van der Waals surface area contributed by atoms with Gasteiger partial charge in [-0.3, -0.25) is 4.79 Å². The second-order valence-electron chi connectivity index (χ2n) is 7.06. The standard InChI is InChI=1S/C18H22F2N2O4/c1-26-9-15(11-4-5-13(19)14(20)7-11)21-17(25)22-8-12-3-2-6-18(12,10-22)16(23)24/h4-5,7,12,15H,2-3,6,8-10H2,1H3,(H,21,25)(H,23,24)/t12-,15?,18+/m0/s1. The minimum absolute atomic E-state index is 0.0464. The molecule has 142 valence electrons. The molecular weight excluding hydrogens is 346 g/mol. The molecular formula is C18H22F2N2O4. The molecule has 8 heteroatoms. The van der Waals surface area contributed by atoms with Crippen molar-refractivity contribution in [2.75, 3.05) is 26.8 Å². The number of likely N-dealkylation sites (tertiary alicyclic amines) is 1. The Hall–Kier alpha value is -2.22. The second kappa shape index (κ2) is 7.19. The molecule has 1 unspecified atom stereocenters. The smallest absolute Gasteiger partial charge is 0.318 e. The van der Waals surface area contributed by atoms with E-state index in [1.165, 1.54) is 18.1 Å². The van der Waals surface area contributed by atoms with Crippen molar-refractivity contribution in [3.8, 4) is 0 Å². The van der Waals surface area contributed by atoms with Crippen molar-refractivity contribution in [3.05, 3.63) is 35.4 Å². The maximum atomic E-state index is 13.5. The lowest BCUT2D eigenvalue weighted by Gasteiger charge is -2.25. The van der Waals surface area contributed by atoms with Crippen LogP contribution < -0.4 is 5.32 Å². The minimum atomic E-state index is -1.00. The van der Waals surface area contributed by atoms with Crippen molar-refractivity contribution in [2.24, 2.45) is 11.3 Å². The number of nitrogens with one attached hydrogen (secondary N) is 1. The molecule has 1 aromatic carbocycles. The number of methoxy groups -OCH3 is 1. The molecule has 3 atom stereocenters. The summed E-state index contributed by atoms with van der Waals surface area (Å²) in [6, 6.07) is 2.33. The third-order valence-electron chi connectivity index (χ3n) is 5.56. The van der Waals surface area contributed by atoms with Crippen LogP contribution in [0.2, 0.25) is 0 Å². The second-order valence-corrected chi connectivity index (χ2v) is 7.06. The molecule has 1 saturated carbocycles. The summed E-state index contributed by atoms with van der Waals surface area (Å²) in [4.78, 5) is 25.9. The molecule has 2 N–H and O–H groups in total. The van der Waals surface area contributed by atoms with Gasteiger partial charge in [0.15, 0.2) is 11.6 Å². The fourth-order valence-electron chi connectivity index (χ4n) is 4.15. The molecule has 1 aromatic rings. The first kappa shape index (κ1) is 18.6. The van der Waals surface area contributed by atoms with E-state index in [1.807, 2.05) is 0 Å². The first-order valence-corrected chi connectivity index (χ1v) is 8.60. The number of carboxylic acids is 1. The molecule has 2 amide bonds. The Bertz CT molecular complexity index is 714. The summed E-state index contributed by atoms with van der Waals surface area (Å²) in [5, 5.41) is 12.4. The van der Waals surface area contributed by atoms with Crippen LogP contribution in [-0.2, 0) is 9.53 Å². The van der Waals surface area contributed by atoms with Gasteiger partial charge in [-0.1, -0.05) is 12.5 Å². The van der Waals surface area contributed by atoms with Gasteiger partial charge in [0, 0.05) is 20.2 Å². The molecule has 2 fully saturated rings. The number of urea groups is 1. The highest BCUT2D eigenvalue weighted by molar-refractivity contribution is 5.80. The van der Waals surface area contributed by atoms with Crippen LogP contribution in [-0.4, -0.2) is 48.8 Å². The molecule has 1 saturated heterocycles. The number of amides is 2. The van der Waals surface area contributed by atoms with Gasteiger partial charge in [0.2, 0.25) is 0 Å². The van der Waals surface area contributed by atoms with Gasteiger partial charge in [-0.05, 0) is 36.5 Å². The highest BCUT2D eigenvalue weighted by Gasteiger charge is 2.55. The third-order valence-corrected chi connectivity index (χ3v) is 5.56. The number of ether oxygens (including phenoxy) is 1. The van der Waals surface area contributed by atoms with E-state index in [-0.39, 0.29) is 19.1 Å². The molecule has 3 rings (SSSR count). The Morgan fingerprint density at radius 2 is 2.19 bits per heavy atom. The van der Waals surface area contributed by atoms with Crippen LogP contribution in [0.3, 0.4) is 0 Å². The van der Waals surface area contributed by atoms with E-state index in [0.717, 1.165) is 25.0 Å². The molecule has 6 nitrogen and oxygen atoms in total. The van der Waals surface area contributed by atoms with Gasteiger partial charge in [0.1, 0.15) is 0 Å². The summed E-state index contributed by atoms with van der Waals surface area (Å²) in [7, 11) is 1.44. The van der Waals surface area contributed by atoms with E-state index in [9.17, 15) is 23.5 Å². The normalized spacial score (nSPS) is 25.8. The summed E-state index contributed by atoms with van der Waals surface area (Å²) in [5.74, 6) is -2.87. The van der Waals surface area contributed by atoms with Crippen LogP contribution in [0.5, 0.6) is 0 Å². The number of carbonyl (C=O) groups excluding carboxylic acids is 1. The summed E-state index contributed by atoms with van der Waals surface area (Å²) < 4.78 is 31.7. The predicted octanol–water partition coefficient (Wildman–Crippen LogP) is 2.55. The Morgan fingerprint density at radius 1 is 1.42 bits per heavy atom. The van der Waals surface area contributed by atoms with E-state index in [2.05, 4.69) is 5.32 Å². The van der Waals surface area contributed by atoms with Crippen molar-refractivity contribution in [1.29, 1.82) is 0 Å². The summed E-state index contributed by atoms with van der Waals surface area (Å²) >= 11 is 0. The van der Waals surface area contributed by atoms with Crippen molar-refractivity contribution in [3.63, 3.8) is 0 Å². The zero-order valence-electron chi connectivity index (χ0n) is 14.5. The van der Waals surface area contributed by atoms with Crippen LogP contribution in [0, 0.1) is 23.0 Å². The number of hydrogen-bond acceptors (Lipinski definition) is 3. The summed E-state index contributed by atoms with van der Waals surface area (Å²) in [6.07, 6.45) is 2.22. The first-order chi connectivity index (χ1) is 12.4. The molecule has 1 aliphatic heterocycles. The average Bonchev–Trinajstić information content (AvgIpc) is 3.15. The maximum Gasteiger partial charge on any atom is 0.318 e. The summed E-state index contributed by atoms with van der Waals surface area (Å²) in [5.41, 5.74) is -0.484. The molecule has 0 bridgehead atoms. The lowest BCUT2D eigenvalue weighted by atomic mass is 9.81. The number of carbonyl (C=O) groups is 2. The molecule has 1 heterocycles. The highest BCUT2D eigenvalue weighted by atomic mass is 19.2. The monoisotopic (exact) mass is 368 g/mol. The van der Waals surface area contributed by atoms with Crippen LogP contribution in [0.4, 0.5) is 13.6 Å². The number of rotatable bonds is 5. The fraction of sp³-hybridized carbons (Fsp3) is 0.556. The van der Waals surface area contributed by atoms with E-state index in [0.29, 0.717) is 18.5 Å². The zero-order valence-corrected chi connectivity index (χ0v) is 14.5. The Morgan fingerprint density at radius 3 is 2.81 bits per heavy atom. The molecule has 26 heavy (non-hydrogen) atoms. The Labute approximate surface area is 150 Å². The van der Waals surface area contributed by atoms with E-state index in [4.69, 9.17) is 4.74 Å². The number of fused-ring (bicyclic) bond motifs is 1. The number of halogens is 2. The molecule has 0 radical (unpaired) electrons. The van der Waals surface area contributed by atoms with E-state index in [1.54, 1.807) is 0 Å². The topological polar surface area (TPSA) is 78.9 Å². The van der Waals surface area contributed by atoms with Crippen molar-refractivity contribution < 1.29 is 28.2 Å². The predicted molar refractivity (Wildman–Crippen MR) is 88.5 cm³/mol. The minimum Gasteiger partial charge on any atom is -0.481 e. The molecule has 0 aromatic heterocycles. The molecule has 0 spiro atoms. The summed E-state index contributed by atoms with van der Waals surface area (Å²) in [6.45, 7) is 0.629. The lowest BCUT2D eigenvalue weighted by molar-refractivity contribution is -0.149. The number of carboxylic acid groups (broad SMARTS) is 1. The average molecular weight is 368 g/mol. The van der Waals surface area contributed by atoms with E-state index < -0.39 is 35.1 Å². The van der Waals surface area contributed by atoms with Crippen molar-refractivity contribution >= 4 is 12.0 Å². The van der Waals surface area contributed by atoms with Gasteiger partial charge in [-0.15, -0.1) is 0 Å². The van der Waals surface area contributed by atoms with Crippen LogP contribution in [0.15, 0.2) is 18.2 Å².